The van der Waals surface area contributed by atoms with Crippen LogP contribution < -0.4 is 4.90 Å². The highest BCUT2D eigenvalue weighted by atomic mass is 19.4. The van der Waals surface area contributed by atoms with Crippen molar-refractivity contribution in [2.75, 3.05) is 12.0 Å². The number of alkyl halides is 3. The molecule has 0 saturated carbocycles. The zero-order valence-corrected chi connectivity index (χ0v) is 20.4. The monoisotopic (exact) mass is 516 g/mol. The van der Waals surface area contributed by atoms with Gasteiger partial charge in [-0.05, 0) is 28.8 Å². The van der Waals surface area contributed by atoms with Crippen molar-refractivity contribution >= 4 is 17.4 Å². The molecule has 0 atom stereocenters. The Morgan fingerprint density at radius 1 is 0.868 bits per heavy atom. The first-order valence-electron chi connectivity index (χ1n) is 11.8. The number of aromatic nitrogens is 3. The molecule has 3 aromatic carbocycles. The molecule has 0 saturated heterocycles. The van der Waals surface area contributed by atoms with Crippen LogP contribution in [0, 0.1) is 0 Å². The van der Waals surface area contributed by atoms with Gasteiger partial charge in [0, 0.05) is 24.8 Å². The zero-order valence-electron chi connectivity index (χ0n) is 20.4. The summed E-state index contributed by atoms with van der Waals surface area (Å²) in [7, 11) is 1.28. The van der Waals surface area contributed by atoms with E-state index < -0.39 is 17.7 Å². The largest absolute Gasteiger partial charge is 0.465 e. The molecule has 0 fully saturated rings. The zero-order chi connectivity index (χ0) is 26.7. The molecule has 0 amide bonds. The quantitative estimate of drug-likeness (QED) is 0.234. The van der Waals surface area contributed by atoms with Gasteiger partial charge in [-0.15, -0.1) is 0 Å². The van der Waals surface area contributed by atoms with Gasteiger partial charge in [0.05, 0.1) is 18.9 Å². The number of carbonyl (C=O) groups is 1. The first kappa shape index (κ1) is 25.0. The van der Waals surface area contributed by atoms with Crippen LogP contribution in [0.5, 0.6) is 0 Å². The molecule has 5 rings (SSSR count). The number of esters is 1. The Hall–Kier alpha value is -4.66. The first-order valence-corrected chi connectivity index (χ1v) is 11.8. The molecule has 9 heteroatoms. The number of methoxy groups -OCH3 is 1. The van der Waals surface area contributed by atoms with E-state index in [1.807, 2.05) is 60.7 Å². The number of rotatable bonds is 7. The second-order valence-corrected chi connectivity index (χ2v) is 8.68. The second kappa shape index (κ2) is 10.4. The lowest BCUT2D eigenvalue weighted by Crippen LogP contribution is -2.26. The van der Waals surface area contributed by atoms with E-state index in [-0.39, 0.29) is 11.2 Å². The second-order valence-electron chi connectivity index (χ2n) is 8.68. The Morgan fingerprint density at radius 2 is 1.45 bits per heavy atom. The lowest BCUT2D eigenvalue weighted by atomic mass is 10.0. The van der Waals surface area contributed by atoms with E-state index in [0.717, 1.165) is 23.3 Å². The highest BCUT2D eigenvalue weighted by molar-refractivity contribution is 5.96. The van der Waals surface area contributed by atoms with Crippen LogP contribution in [0.15, 0.2) is 97.3 Å². The van der Waals surface area contributed by atoms with Crippen LogP contribution in [-0.4, -0.2) is 27.7 Å². The molecule has 2 aromatic heterocycles. The normalized spacial score (nSPS) is 11.5. The SMILES string of the molecule is COC(=O)c1cnn2c(N(Cc3ccccc3)Cc3ccccc3)c(-c3ccc(C(F)(F)F)cc3)cnc12. The van der Waals surface area contributed by atoms with Crippen LogP contribution in [0.2, 0.25) is 0 Å². The van der Waals surface area contributed by atoms with Crippen LogP contribution in [-0.2, 0) is 24.0 Å². The van der Waals surface area contributed by atoms with Gasteiger partial charge in [0.15, 0.2) is 5.65 Å². The fourth-order valence-electron chi connectivity index (χ4n) is 4.33. The Kier molecular flexibility index (Phi) is 6.83. The molecule has 0 radical (unpaired) electrons. The summed E-state index contributed by atoms with van der Waals surface area (Å²) in [4.78, 5) is 18.9. The minimum absolute atomic E-state index is 0.187. The fraction of sp³-hybridized carbons (Fsp3) is 0.138. The van der Waals surface area contributed by atoms with Gasteiger partial charge in [-0.25, -0.2) is 9.78 Å². The van der Waals surface area contributed by atoms with E-state index in [9.17, 15) is 18.0 Å². The number of nitrogens with zero attached hydrogens (tertiary/aromatic N) is 4. The van der Waals surface area contributed by atoms with Crippen LogP contribution in [0.1, 0.15) is 27.0 Å². The topological polar surface area (TPSA) is 59.7 Å². The minimum Gasteiger partial charge on any atom is -0.465 e. The Morgan fingerprint density at radius 3 is 1.97 bits per heavy atom. The van der Waals surface area contributed by atoms with E-state index in [0.29, 0.717) is 30.0 Å². The molecular formula is C29H23F3N4O2. The highest BCUT2D eigenvalue weighted by Gasteiger charge is 2.30. The molecule has 0 aliphatic rings. The van der Waals surface area contributed by atoms with E-state index in [1.165, 1.54) is 25.4 Å². The number of carbonyl (C=O) groups excluding carboxylic acids is 1. The van der Waals surface area contributed by atoms with Gasteiger partial charge in [-0.3, -0.25) is 0 Å². The van der Waals surface area contributed by atoms with Gasteiger partial charge in [0.2, 0.25) is 0 Å². The molecule has 192 valence electrons. The van der Waals surface area contributed by atoms with E-state index >= 15 is 0 Å². The summed E-state index contributed by atoms with van der Waals surface area (Å²) in [6, 6.07) is 24.6. The third-order valence-corrected chi connectivity index (χ3v) is 6.16. The maximum Gasteiger partial charge on any atom is 0.416 e. The molecule has 0 N–H and O–H groups in total. The summed E-state index contributed by atoms with van der Waals surface area (Å²) in [6.45, 7) is 0.936. The van der Waals surface area contributed by atoms with Gasteiger partial charge in [-0.1, -0.05) is 72.8 Å². The predicted molar refractivity (Wildman–Crippen MR) is 138 cm³/mol. The summed E-state index contributed by atoms with van der Waals surface area (Å²) >= 11 is 0. The standard InChI is InChI=1S/C29H23F3N4O2/c1-38-28(37)25-17-34-36-26(25)33-16-24(22-12-14-23(15-13-22)29(30,31)32)27(36)35(18-20-8-4-2-5-9-20)19-21-10-6-3-7-11-21/h2-17H,18-19H2,1H3. The van der Waals surface area contributed by atoms with Gasteiger partial charge in [0.25, 0.3) is 0 Å². The Balaban J connectivity index is 1.72. The lowest BCUT2D eigenvalue weighted by Gasteiger charge is -2.28. The average molecular weight is 517 g/mol. The van der Waals surface area contributed by atoms with Crippen molar-refractivity contribution in [2.45, 2.75) is 19.3 Å². The average Bonchev–Trinajstić information content (AvgIpc) is 3.37. The highest BCUT2D eigenvalue weighted by Crippen LogP contribution is 2.36. The number of benzene rings is 3. The maximum atomic E-state index is 13.3. The van der Waals surface area contributed by atoms with Gasteiger partial charge >= 0.3 is 12.1 Å². The van der Waals surface area contributed by atoms with E-state index in [4.69, 9.17) is 4.74 Å². The molecule has 2 heterocycles. The number of hydrogen-bond donors (Lipinski definition) is 0. The van der Waals surface area contributed by atoms with E-state index in [2.05, 4.69) is 15.0 Å². The molecule has 0 bridgehead atoms. The Labute approximate surface area is 216 Å². The third kappa shape index (κ3) is 5.08. The summed E-state index contributed by atoms with van der Waals surface area (Å²) in [6.07, 6.45) is -1.50. The van der Waals surface area contributed by atoms with Crippen LogP contribution in [0.3, 0.4) is 0 Å². The summed E-state index contributed by atoms with van der Waals surface area (Å²) in [5.74, 6) is -0.00369. The van der Waals surface area contributed by atoms with Gasteiger partial charge < -0.3 is 9.64 Å². The Bertz CT molecular complexity index is 1510. The van der Waals surface area contributed by atoms with Crippen LogP contribution in [0.25, 0.3) is 16.8 Å². The minimum atomic E-state index is -4.45. The molecule has 38 heavy (non-hydrogen) atoms. The third-order valence-electron chi connectivity index (χ3n) is 6.16. The number of hydrogen-bond acceptors (Lipinski definition) is 5. The van der Waals surface area contributed by atoms with Crippen molar-refractivity contribution in [3.63, 3.8) is 0 Å². The van der Waals surface area contributed by atoms with Crippen molar-refractivity contribution in [2.24, 2.45) is 0 Å². The van der Waals surface area contributed by atoms with Crippen molar-refractivity contribution in [1.82, 2.24) is 14.6 Å². The number of ether oxygens (including phenoxy) is 1. The predicted octanol–water partition coefficient (Wildman–Crippen LogP) is 6.41. The van der Waals surface area contributed by atoms with Crippen LogP contribution in [0.4, 0.5) is 19.0 Å². The van der Waals surface area contributed by atoms with Gasteiger partial charge in [-0.2, -0.15) is 22.8 Å². The lowest BCUT2D eigenvalue weighted by molar-refractivity contribution is -0.137. The smallest absolute Gasteiger partial charge is 0.416 e. The van der Waals surface area contributed by atoms with Crippen molar-refractivity contribution in [1.29, 1.82) is 0 Å². The molecule has 6 nitrogen and oxygen atoms in total. The molecule has 0 aliphatic carbocycles. The van der Waals surface area contributed by atoms with Crippen LogP contribution >= 0.6 is 0 Å². The summed E-state index contributed by atoms with van der Waals surface area (Å²) in [5.41, 5.74) is 2.87. The first-order chi connectivity index (χ1) is 18.3. The number of halogens is 3. The molecular weight excluding hydrogens is 493 g/mol. The van der Waals surface area contributed by atoms with Crippen molar-refractivity contribution in [3.05, 3.63) is 120 Å². The molecule has 0 aliphatic heterocycles. The molecule has 0 spiro atoms. The fourth-order valence-corrected chi connectivity index (χ4v) is 4.33. The maximum absolute atomic E-state index is 13.3. The summed E-state index contributed by atoms with van der Waals surface area (Å²) in [5, 5.41) is 4.47. The molecule has 0 unspecified atom stereocenters. The van der Waals surface area contributed by atoms with Gasteiger partial charge in [0.1, 0.15) is 11.4 Å². The van der Waals surface area contributed by atoms with Crippen molar-refractivity contribution in [3.8, 4) is 11.1 Å². The van der Waals surface area contributed by atoms with E-state index in [1.54, 1.807) is 10.7 Å². The van der Waals surface area contributed by atoms with Crippen molar-refractivity contribution < 1.29 is 22.7 Å². The summed E-state index contributed by atoms with van der Waals surface area (Å²) < 4.78 is 46.2. The number of fused-ring (bicyclic) bond motifs is 1. The number of anilines is 1. The molecule has 5 aromatic rings.